The predicted molar refractivity (Wildman–Crippen MR) is 90.1 cm³/mol. The number of carbonyl (C=O) groups is 3. The number of hydrogen-bond donors (Lipinski definition) is 3. The minimum absolute atomic E-state index is 0.0364. The molecule has 1 heterocycles. The lowest BCUT2D eigenvalue weighted by Crippen LogP contribution is -2.56. The molecule has 1 saturated heterocycles. The zero-order chi connectivity index (χ0) is 17.5. The molecule has 0 saturated carbocycles. The second kappa shape index (κ2) is 8.44. The van der Waals surface area contributed by atoms with Gasteiger partial charge in [-0.3, -0.25) is 19.3 Å². The molecule has 1 atom stereocenters. The van der Waals surface area contributed by atoms with Crippen molar-refractivity contribution in [2.75, 3.05) is 26.7 Å². The van der Waals surface area contributed by atoms with Crippen LogP contribution in [0.1, 0.15) is 17.5 Å². The van der Waals surface area contributed by atoms with E-state index in [1.807, 2.05) is 36.1 Å². The molecule has 3 N–H and O–H groups in total. The van der Waals surface area contributed by atoms with Gasteiger partial charge in [0, 0.05) is 26.7 Å². The SMILES string of the molecule is CNC(=O)CNC(=O)CC1C(=O)NCCN1Cc1ccc(C)cc1. The summed E-state index contributed by atoms with van der Waals surface area (Å²) in [4.78, 5) is 37.4. The molecule has 24 heavy (non-hydrogen) atoms. The summed E-state index contributed by atoms with van der Waals surface area (Å²) < 4.78 is 0. The second-order valence-corrected chi connectivity index (χ2v) is 5.92. The Morgan fingerprint density at radius 3 is 2.62 bits per heavy atom. The second-order valence-electron chi connectivity index (χ2n) is 5.92. The minimum atomic E-state index is -0.523. The van der Waals surface area contributed by atoms with E-state index in [1.54, 1.807) is 0 Å². The van der Waals surface area contributed by atoms with Crippen LogP contribution in [-0.4, -0.2) is 55.3 Å². The van der Waals surface area contributed by atoms with E-state index in [-0.39, 0.29) is 30.7 Å². The summed E-state index contributed by atoms with van der Waals surface area (Å²) in [5.74, 6) is -0.731. The number of amides is 3. The maximum atomic E-state index is 12.2. The average molecular weight is 332 g/mol. The van der Waals surface area contributed by atoms with Crippen molar-refractivity contribution in [3.8, 4) is 0 Å². The van der Waals surface area contributed by atoms with Crippen molar-refractivity contribution < 1.29 is 14.4 Å². The summed E-state index contributed by atoms with van der Waals surface area (Å²) in [5, 5.41) is 7.77. The summed E-state index contributed by atoms with van der Waals surface area (Å²) in [6, 6.07) is 7.61. The van der Waals surface area contributed by atoms with Gasteiger partial charge in [-0.05, 0) is 12.5 Å². The van der Waals surface area contributed by atoms with Crippen LogP contribution in [-0.2, 0) is 20.9 Å². The van der Waals surface area contributed by atoms with Crippen molar-refractivity contribution >= 4 is 17.7 Å². The molecule has 1 fully saturated rings. The first kappa shape index (κ1) is 17.9. The lowest BCUT2D eigenvalue weighted by Gasteiger charge is -2.34. The lowest BCUT2D eigenvalue weighted by atomic mass is 10.1. The molecule has 7 nitrogen and oxygen atoms in total. The number of nitrogens with zero attached hydrogens (tertiary/aromatic N) is 1. The molecule has 0 aromatic heterocycles. The van der Waals surface area contributed by atoms with Gasteiger partial charge in [-0.2, -0.15) is 0 Å². The molecule has 3 amide bonds. The lowest BCUT2D eigenvalue weighted by molar-refractivity contribution is -0.134. The number of piperazine rings is 1. The van der Waals surface area contributed by atoms with E-state index in [2.05, 4.69) is 16.0 Å². The van der Waals surface area contributed by atoms with E-state index in [0.717, 1.165) is 5.56 Å². The summed E-state index contributed by atoms with van der Waals surface area (Å²) >= 11 is 0. The topological polar surface area (TPSA) is 90.5 Å². The molecule has 0 aliphatic carbocycles. The molecule has 130 valence electrons. The van der Waals surface area contributed by atoms with Crippen LogP contribution in [0.25, 0.3) is 0 Å². The van der Waals surface area contributed by atoms with Crippen molar-refractivity contribution in [3.63, 3.8) is 0 Å². The van der Waals surface area contributed by atoms with E-state index in [0.29, 0.717) is 19.6 Å². The smallest absolute Gasteiger partial charge is 0.239 e. The van der Waals surface area contributed by atoms with Gasteiger partial charge in [0.05, 0.1) is 19.0 Å². The predicted octanol–water partition coefficient (Wildman–Crippen LogP) is -0.452. The molecule has 0 radical (unpaired) electrons. The molecule has 2 rings (SSSR count). The first-order valence-electron chi connectivity index (χ1n) is 8.04. The number of likely N-dealkylation sites (N-methyl/N-ethyl adjacent to an activating group) is 1. The normalized spacial score (nSPS) is 17.9. The average Bonchev–Trinajstić information content (AvgIpc) is 2.57. The van der Waals surface area contributed by atoms with E-state index in [4.69, 9.17) is 0 Å². The maximum absolute atomic E-state index is 12.2. The highest BCUT2D eigenvalue weighted by molar-refractivity contribution is 5.90. The van der Waals surface area contributed by atoms with Gasteiger partial charge in [-0.25, -0.2) is 0 Å². The van der Waals surface area contributed by atoms with Crippen molar-refractivity contribution in [3.05, 3.63) is 35.4 Å². The van der Waals surface area contributed by atoms with E-state index in [9.17, 15) is 14.4 Å². The van der Waals surface area contributed by atoms with Gasteiger partial charge < -0.3 is 16.0 Å². The minimum Gasteiger partial charge on any atom is -0.358 e. The molecule has 0 spiro atoms. The van der Waals surface area contributed by atoms with Crippen molar-refractivity contribution in [2.24, 2.45) is 0 Å². The molecule has 1 aromatic carbocycles. The molecule has 1 unspecified atom stereocenters. The third kappa shape index (κ3) is 5.06. The third-order valence-corrected chi connectivity index (χ3v) is 4.05. The Balaban J connectivity index is 1.97. The fourth-order valence-corrected chi connectivity index (χ4v) is 2.62. The Kier molecular flexibility index (Phi) is 6.31. The van der Waals surface area contributed by atoms with Gasteiger partial charge in [0.1, 0.15) is 0 Å². The Morgan fingerprint density at radius 1 is 1.25 bits per heavy atom. The highest BCUT2D eigenvalue weighted by atomic mass is 16.2. The van der Waals surface area contributed by atoms with Crippen LogP contribution in [0.2, 0.25) is 0 Å². The highest BCUT2D eigenvalue weighted by Crippen LogP contribution is 2.14. The number of hydrogen-bond acceptors (Lipinski definition) is 4. The monoisotopic (exact) mass is 332 g/mol. The van der Waals surface area contributed by atoms with Crippen molar-refractivity contribution in [2.45, 2.75) is 25.9 Å². The van der Waals surface area contributed by atoms with Crippen LogP contribution in [0.3, 0.4) is 0 Å². The van der Waals surface area contributed by atoms with E-state index >= 15 is 0 Å². The third-order valence-electron chi connectivity index (χ3n) is 4.05. The summed E-state index contributed by atoms with van der Waals surface area (Å²) in [6.45, 7) is 3.81. The van der Waals surface area contributed by atoms with E-state index in [1.165, 1.54) is 12.6 Å². The standard InChI is InChI=1S/C17H24N4O3/c1-12-3-5-13(6-4-12)11-21-8-7-19-17(24)14(21)9-15(22)20-10-16(23)18-2/h3-6,14H,7-11H2,1-2H3,(H,18,23)(H,19,24)(H,20,22). The van der Waals surface area contributed by atoms with Crippen LogP contribution in [0.5, 0.6) is 0 Å². The number of nitrogens with one attached hydrogen (secondary N) is 3. The molecule has 1 aliphatic rings. The summed E-state index contributed by atoms with van der Waals surface area (Å²) in [7, 11) is 1.51. The van der Waals surface area contributed by atoms with Gasteiger partial charge in [0.25, 0.3) is 0 Å². The van der Waals surface area contributed by atoms with Gasteiger partial charge >= 0.3 is 0 Å². The number of benzene rings is 1. The van der Waals surface area contributed by atoms with Crippen LogP contribution < -0.4 is 16.0 Å². The fourth-order valence-electron chi connectivity index (χ4n) is 2.62. The van der Waals surface area contributed by atoms with Gasteiger partial charge in [-0.1, -0.05) is 29.8 Å². The van der Waals surface area contributed by atoms with Gasteiger partial charge in [0.15, 0.2) is 0 Å². The Hall–Kier alpha value is -2.41. The van der Waals surface area contributed by atoms with Gasteiger partial charge in [-0.15, -0.1) is 0 Å². The van der Waals surface area contributed by atoms with E-state index < -0.39 is 6.04 Å². The number of aryl methyl sites for hydroxylation is 1. The molecule has 7 heteroatoms. The largest absolute Gasteiger partial charge is 0.358 e. The Labute approximate surface area is 141 Å². The Morgan fingerprint density at radius 2 is 1.96 bits per heavy atom. The van der Waals surface area contributed by atoms with Crippen molar-refractivity contribution in [1.82, 2.24) is 20.9 Å². The maximum Gasteiger partial charge on any atom is 0.239 e. The summed E-state index contributed by atoms with van der Waals surface area (Å²) in [6.07, 6.45) is 0.0364. The first-order chi connectivity index (χ1) is 11.5. The zero-order valence-electron chi connectivity index (χ0n) is 14.1. The van der Waals surface area contributed by atoms with Gasteiger partial charge in [0.2, 0.25) is 17.7 Å². The summed E-state index contributed by atoms with van der Waals surface area (Å²) in [5.41, 5.74) is 2.28. The van der Waals surface area contributed by atoms with Crippen LogP contribution >= 0.6 is 0 Å². The fraction of sp³-hybridized carbons (Fsp3) is 0.471. The van der Waals surface area contributed by atoms with Crippen LogP contribution in [0.15, 0.2) is 24.3 Å². The van der Waals surface area contributed by atoms with Crippen molar-refractivity contribution in [1.29, 1.82) is 0 Å². The first-order valence-corrected chi connectivity index (χ1v) is 8.04. The Bertz CT molecular complexity index is 600. The van der Waals surface area contributed by atoms with Crippen LogP contribution in [0, 0.1) is 6.92 Å². The number of rotatable bonds is 6. The molecule has 1 aromatic rings. The molecule has 0 bridgehead atoms. The quantitative estimate of drug-likeness (QED) is 0.658. The molecular formula is C17H24N4O3. The molecule has 1 aliphatic heterocycles. The zero-order valence-corrected chi connectivity index (χ0v) is 14.1. The highest BCUT2D eigenvalue weighted by Gasteiger charge is 2.31. The van der Waals surface area contributed by atoms with Crippen LogP contribution in [0.4, 0.5) is 0 Å². The molecular weight excluding hydrogens is 308 g/mol. The number of carbonyl (C=O) groups excluding carboxylic acids is 3.